The van der Waals surface area contributed by atoms with Crippen molar-refractivity contribution >= 4 is 11.6 Å². The maximum Gasteiger partial charge on any atom is 0.158 e. The molecule has 21 heavy (non-hydrogen) atoms. The standard InChI is InChI=1S/C14H26N6O/c1-3-21-11-13-16-12(18-15)10-14(17-13)19(2)8-9-20-6-4-5-7-20/h10H,3-9,11,15H2,1-2H3,(H,16,17,18). The molecule has 0 aliphatic carbocycles. The lowest BCUT2D eigenvalue weighted by molar-refractivity contribution is 0.128. The average Bonchev–Trinajstić information content (AvgIpc) is 3.03. The molecule has 1 saturated heterocycles. The Morgan fingerprint density at radius 3 is 2.81 bits per heavy atom. The lowest BCUT2D eigenvalue weighted by atomic mass is 10.4. The Labute approximate surface area is 126 Å². The van der Waals surface area contributed by atoms with E-state index in [4.69, 9.17) is 10.6 Å². The van der Waals surface area contributed by atoms with Crippen molar-refractivity contribution in [2.24, 2.45) is 5.84 Å². The minimum absolute atomic E-state index is 0.402. The molecular formula is C14H26N6O. The summed E-state index contributed by atoms with van der Waals surface area (Å²) in [4.78, 5) is 13.5. The van der Waals surface area contributed by atoms with Crippen molar-refractivity contribution in [3.63, 3.8) is 0 Å². The molecule has 2 heterocycles. The molecule has 3 N–H and O–H groups in total. The van der Waals surface area contributed by atoms with E-state index in [1.807, 2.05) is 20.0 Å². The van der Waals surface area contributed by atoms with Gasteiger partial charge in [0.25, 0.3) is 0 Å². The van der Waals surface area contributed by atoms with Gasteiger partial charge in [0.2, 0.25) is 0 Å². The third kappa shape index (κ3) is 4.80. The lowest BCUT2D eigenvalue weighted by Crippen LogP contribution is -2.32. The molecule has 0 saturated carbocycles. The number of likely N-dealkylation sites (tertiary alicyclic amines) is 1. The fraction of sp³-hybridized carbons (Fsp3) is 0.714. The summed E-state index contributed by atoms with van der Waals surface area (Å²) >= 11 is 0. The zero-order chi connectivity index (χ0) is 15.1. The summed E-state index contributed by atoms with van der Waals surface area (Å²) in [5.74, 6) is 7.61. The molecule has 7 nitrogen and oxygen atoms in total. The molecule has 1 aliphatic rings. The van der Waals surface area contributed by atoms with Gasteiger partial charge in [-0.05, 0) is 32.9 Å². The number of hydrogen-bond acceptors (Lipinski definition) is 7. The second kappa shape index (κ2) is 8.11. The normalized spacial score (nSPS) is 15.4. The Bertz CT molecular complexity index is 435. The van der Waals surface area contributed by atoms with Crippen LogP contribution in [0.3, 0.4) is 0 Å². The molecule has 0 atom stereocenters. The number of rotatable bonds is 8. The van der Waals surface area contributed by atoms with E-state index in [2.05, 4.69) is 25.2 Å². The highest BCUT2D eigenvalue weighted by molar-refractivity contribution is 5.48. The van der Waals surface area contributed by atoms with E-state index in [-0.39, 0.29) is 0 Å². The van der Waals surface area contributed by atoms with Gasteiger partial charge in [-0.15, -0.1) is 0 Å². The van der Waals surface area contributed by atoms with Crippen molar-refractivity contribution in [2.45, 2.75) is 26.4 Å². The van der Waals surface area contributed by atoms with Crippen LogP contribution in [0.2, 0.25) is 0 Å². The third-order valence-electron chi connectivity index (χ3n) is 3.68. The second-order valence-electron chi connectivity index (χ2n) is 5.28. The van der Waals surface area contributed by atoms with Crippen LogP contribution in [-0.2, 0) is 11.3 Å². The van der Waals surface area contributed by atoms with E-state index >= 15 is 0 Å². The molecule has 1 fully saturated rings. The number of ether oxygens (including phenoxy) is 1. The molecule has 0 aromatic carbocycles. The Balaban J connectivity index is 1.98. The predicted octanol–water partition coefficient (Wildman–Crippen LogP) is 0.831. The highest BCUT2D eigenvalue weighted by atomic mass is 16.5. The summed E-state index contributed by atoms with van der Waals surface area (Å²) in [7, 11) is 2.04. The van der Waals surface area contributed by atoms with E-state index in [0.29, 0.717) is 24.9 Å². The molecule has 0 spiro atoms. The van der Waals surface area contributed by atoms with Crippen LogP contribution < -0.4 is 16.2 Å². The number of nitrogens with two attached hydrogens (primary N) is 1. The van der Waals surface area contributed by atoms with Gasteiger partial charge in [0.05, 0.1) is 0 Å². The topological polar surface area (TPSA) is 79.5 Å². The van der Waals surface area contributed by atoms with Gasteiger partial charge in [0.15, 0.2) is 5.82 Å². The van der Waals surface area contributed by atoms with E-state index < -0.39 is 0 Å². The summed E-state index contributed by atoms with van der Waals surface area (Å²) in [5.41, 5.74) is 2.59. The summed E-state index contributed by atoms with van der Waals surface area (Å²) < 4.78 is 5.37. The van der Waals surface area contributed by atoms with Gasteiger partial charge in [-0.3, -0.25) is 0 Å². The van der Waals surface area contributed by atoms with Crippen LogP contribution in [-0.4, -0.2) is 54.7 Å². The van der Waals surface area contributed by atoms with Crippen molar-refractivity contribution in [3.8, 4) is 0 Å². The minimum atomic E-state index is 0.402. The number of likely N-dealkylation sites (N-methyl/N-ethyl adjacent to an activating group) is 1. The molecule has 0 bridgehead atoms. The van der Waals surface area contributed by atoms with Gasteiger partial charge in [-0.1, -0.05) is 0 Å². The molecule has 0 unspecified atom stereocenters. The van der Waals surface area contributed by atoms with Crippen LogP contribution in [0.1, 0.15) is 25.6 Å². The summed E-state index contributed by atoms with van der Waals surface area (Å²) in [5, 5.41) is 0. The van der Waals surface area contributed by atoms with Crippen molar-refractivity contribution in [3.05, 3.63) is 11.9 Å². The molecule has 1 aromatic rings. The fourth-order valence-electron chi connectivity index (χ4n) is 2.42. The van der Waals surface area contributed by atoms with Gasteiger partial charge < -0.3 is 20.0 Å². The highest BCUT2D eigenvalue weighted by Crippen LogP contribution is 2.15. The molecule has 0 amide bonds. The fourth-order valence-corrected chi connectivity index (χ4v) is 2.42. The van der Waals surface area contributed by atoms with Crippen molar-refractivity contribution in [1.29, 1.82) is 0 Å². The Morgan fingerprint density at radius 1 is 1.38 bits per heavy atom. The van der Waals surface area contributed by atoms with E-state index in [1.165, 1.54) is 25.9 Å². The quantitative estimate of drug-likeness (QED) is 0.543. The zero-order valence-corrected chi connectivity index (χ0v) is 13.0. The zero-order valence-electron chi connectivity index (χ0n) is 13.0. The number of nitrogens with one attached hydrogen (secondary N) is 1. The molecule has 2 rings (SSSR count). The molecule has 7 heteroatoms. The van der Waals surface area contributed by atoms with Crippen LogP contribution in [0.15, 0.2) is 6.07 Å². The monoisotopic (exact) mass is 294 g/mol. The number of anilines is 2. The lowest BCUT2D eigenvalue weighted by Gasteiger charge is -2.23. The van der Waals surface area contributed by atoms with E-state index in [1.54, 1.807) is 0 Å². The van der Waals surface area contributed by atoms with Gasteiger partial charge in [0.1, 0.15) is 18.2 Å². The van der Waals surface area contributed by atoms with Crippen LogP contribution in [0.25, 0.3) is 0 Å². The molecule has 1 aromatic heterocycles. The first kappa shape index (κ1) is 15.9. The SMILES string of the molecule is CCOCc1nc(NN)cc(N(C)CCN2CCCC2)n1. The second-order valence-corrected chi connectivity index (χ2v) is 5.28. The highest BCUT2D eigenvalue weighted by Gasteiger charge is 2.13. The summed E-state index contributed by atoms with van der Waals surface area (Å²) in [6, 6.07) is 1.86. The van der Waals surface area contributed by atoms with Gasteiger partial charge in [-0.2, -0.15) is 0 Å². The van der Waals surface area contributed by atoms with Crippen molar-refractivity contribution < 1.29 is 4.74 Å². The molecule has 118 valence electrons. The number of nitrogen functional groups attached to an aromatic ring is 1. The number of hydrogen-bond donors (Lipinski definition) is 2. The Hall–Kier alpha value is -1.44. The maximum absolute atomic E-state index is 5.48. The first-order valence-corrected chi connectivity index (χ1v) is 7.58. The van der Waals surface area contributed by atoms with Crippen molar-refractivity contribution in [1.82, 2.24) is 14.9 Å². The average molecular weight is 294 g/mol. The predicted molar refractivity (Wildman–Crippen MR) is 84.1 cm³/mol. The van der Waals surface area contributed by atoms with Crippen LogP contribution in [0.5, 0.6) is 0 Å². The summed E-state index contributed by atoms with van der Waals surface area (Å²) in [6.45, 7) is 7.42. The smallest absolute Gasteiger partial charge is 0.158 e. The van der Waals surface area contributed by atoms with Crippen LogP contribution in [0, 0.1) is 0 Å². The Kier molecular flexibility index (Phi) is 6.16. The Morgan fingerprint density at radius 2 is 2.14 bits per heavy atom. The minimum Gasteiger partial charge on any atom is -0.374 e. The largest absolute Gasteiger partial charge is 0.374 e. The molecule has 1 aliphatic heterocycles. The molecule has 0 radical (unpaired) electrons. The van der Waals surface area contributed by atoms with Gasteiger partial charge in [-0.25, -0.2) is 15.8 Å². The number of aromatic nitrogens is 2. The third-order valence-corrected chi connectivity index (χ3v) is 3.68. The molecular weight excluding hydrogens is 268 g/mol. The van der Waals surface area contributed by atoms with Gasteiger partial charge in [0, 0.05) is 32.8 Å². The summed E-state index contributed by atoms with van der Waals surface area (Å²) in [6.07, 6.45) is 2.63. The maximum atomic E-state index is 5.48. The van der Waals surface area contributed by atoms with Crippen LogP contribution in [0.4, 0.5) is 11.6 Å². The van der Waals surface area contributed by atoms with E-state index in [0.717, 1.165) is 18.9 Å². The first-order valence-electron chi connectivity index (χ1n) is 7.58. The van der Waals surface area contributed by atoms with Gasteiger partial charge >= 0.3 is 0 Å². The number of hydrazine groups is 1. The van der Waals surface area contributed by atoms with Crippen molar-refractivity contribution in [2.75, 3.05) is 50.2 Å². The number of nitrogens with zero attached hydrogens (tertiary/aromatic N) is 4. The first-order chi connectivity index (χ1) is 10.2. The van der Waals surface area contributed by atoms with E-state index in [9.17, 15) is 0 Å². The van der Waals surface area contributed by atoms with Crippen LogP contribution >= 0.6 is 0 Å².